The van der Waals surface area contributed by atoms with Gasteiger partial charge in [-0.2, -0.15) is 0 Å². The predicted molar refractivity (Wildman–Crippen MR) is 981 cm³/mol. The van der Waals surface area contributed by atoms with Crippen LogP contribution in [0.1, 0.15) is 0 Å². The van der Waals surface area contributed by atoms with Gasteiger partial charge in [0.1, 0.15) is 0 Å². The number of hydrogen-bond donors (Lipinski definition) is 0. The summed E-state index contributed by atoms with van der Waals surface area (Å²) in [7, 11) is -19.6. The number of rotatable bonds is 33. The van der Waals surface area contributed by atoms with Gasteiger partial charge in [-0.05, 0) is 0 Å². The molecule has 0 heterocycles. The molecular weight excluding hydrogens is 8880 g/mol. The van der Waals surface area contributed by atoms with Crippen LogP contribution in [-0.2, 0) is 0 Å². The molecule has 0 rings (SSSR count). The van der Waals surface area contributed by atoms with Crippen molar-refractivity contribution in [2.24, 2.45) is 0 Å². The van der Waals surface area contributed by atoms with Crippen molar-refractivity contribution in [3.63, 3.8) is 0 Å². The van der Waals surface area contributed by atoms with Crippen molar-refractivity contribution in [1.29, 1.82) is 0 Å². The van der Waals surface area contributed by atoms with E-state index in [4.69, 9.17) is 0 Å². The minimum atomic E-state index is -0.622. The molecule has 0 aliphatic rings. The van der Waals surface area contributed by atoms with Crippen molar-refractivity contribution in [3.8, 4) is 0 Å². The van der Waals surface area contributed by atoms with Crippen LogP contribution in [0.2, 0.25) is 0 Å². The molecule has 0 bridgehead atoms. The summed E-state index contributed by atoms with van der Waals surface area (Å²) < 4.78 is 0. The molecule has 0 aromatic rings. The van der Waals surface area contributed by atoms with E-state index >= 15 is 0 Å². The third-order valence-electron chi connectivity index (χ3n) is 2.69. The van der Waals surface area contributed by atoms with Crippen molar-refractivity contribution in [2.45, 2.75) is 0 Å². The fraction of sp³-hybridized carbons (Fsp3) is 0. The fourth-order valence-electron chi connectivity index (χ4n) is 0.987. The van der Waals surface area contributed by atoms with E-state index in [9.17, 15) is 0 Å². The van der Waals surface area contributed by atoms with Gasteiger partial charge >= 0.3 is 939 Å². The Morgan fingerprint density at radius 2 is 0.114 bits per heavy atom. The molecular formula is I70. The molecule has 0 aromatic heterocycles. The van der Waals surface area contributed by atoms with Crippen LogP contribution in [0, 0.1) is 0 Å². The van der Waals surface area contributed by atoms with Crippen molar-refractivity contribution < 1.29 is 0 Å². The Morgan fingerprint density at radius 1 is 0.0714 bits per heavy atom. The summed E-state index contributed by atoms with van der Waals surface area (Å²) in [5.74, 6) is 0. The first-order chi connectivity index (χ1) is 31.8. The minimum absolute atomic E-state index is 0.479. The second-order valence-electron chi connectivity index (χ2n) is 5.51. The molecule has 490 valence electrons. The summed E-state index contributed by atoms with van der Waals surface area (Å²) in [4.78, 5) is 0. The Hall–Kier alpha value is 51.1. The van der Waals surface area contributed by atoms with Gasteiger partial charge in [0, 0.05) is 0 Å². The van der Waals surface area contributed by atoms with Crippen LogP contribution in [0.5, 0.6) is 0 Å². The van der Waals surface area contributed by atoms with Crippen LogP contribution in [0.4, 0.5) is 0 Å². The molecule has 0 N–H and O–H groups in total. The van der Waals surface area contributed by atoms with E-state index in [0.717, 1.165) is 0 Å². The zero-order valence-corrected chi connectivity index (χ0v) is 177. The summed E-state index contributed by atoms with van der Waals surface area (Å²) in [6.07, 6.45) is 0. The van der Waals surface area contributed by atoms with Crippen LogP contribution < -0.4 is 0 Å². The SMILES string of the molecule is II(I)I(I)I(I)I(I)I(I)I(I)I(I)I(I)I(I)I(I)I(I)I(I)I(I)I(I)I(I)I(I)I(I)I(I)I(I)I(I)I(I)I(I)I(I)I(I)I(I)I(I)I(I)I(I)I(I)I(I)I(I)I(I)I(I)I(I)I. The van der Waals surface area contributed by atoms with Crippen LogP contribution in [0.3, 0.4) is 0 Å². The summed E-state index contributed by atoms with van der Waals surface area (Å²) in [6, 6.07) is 0. The molecule has 0 fully saturated rings. The van der Waals surface area contributed by atoms with Crippen molar-refractivity contribution in [1.82, 2.24) is 0 Å². The molecule has 0 nitrogen and oxygen atoms in total. The molecule has 70 heteroatoms. The molecule has 0 atom stereocenters. The third kappa shape index (κ3) is 49.5. The van der Waals surface area contributed by atoms with Gasteiger partial charge in [-0.3, -0.25) is 0 Å². The molecule has 0 radical (unpaired) electrons. The van der Waals surface area contributed by atoms with E-state index in [1.807, 2.05) is 0 Å². The van der Waals surface area contributed by atoms with Crippen LogP contribution in [0.25, 0.3) is 0 Å². The van der Waals surface area contributed by atoms with Crippen molar-refractivity contribution in [3.05, 3.63) is 0 Å². The average Bonchev–Trinajstić information content (AvgIpc) is 3.35. The first-order valence-electron chi connectivity index (χ1n) is 9.86. The van der Waals surface area contributed by atoms with Gasteiger partial charge in [0.05, 0.1) is 0 Å². The summed E-state index contributed by atoms with van der Waals surface area (Å²) in [5.41, 5.74) is 0. The zero-order valence-electron chi connectivity index (χ0n) is 26.5. The first kappa shape index (κ1) is 121. The van der Waals surface area contributed by atoms with Gasteiger partial charge in [0.25, 0.3) is 0 Å². The van der Waals surface area contributed by atoms with E-state index in [1.54, 1.807) is 0 Å². The van der Waals surface area contributed by atoms with Crippen LogP contribution in [-0.4, -0.2) is 0 Å². The molecule has 0 aliphatic heterocycles. The molecule has 0 saturated carbocycles. The monoisotopic (exact) mass is 8880 g/mol. The quantitative estimate of drug-likeness (QED) is 0.0575. The van der Waals surface area contributed by atoms with Gasteiger partial charge in [-0.25, -0.2) is 0 Å². The topological polar surface area (TPSA) is 0 Å². The molecule has 0 saturated heterocycles. The average molecular weight is 8880 g/mol. The standard InChI is InChI=1S/I70/c1-37(2)39(5)41(7)43(9)45(11)47(13)49(15)51(17)53(19)55(21)57(23)59(25)61(27)63(29)65(31)67(33)69(35)70(36)68(34)66(32)64(30)62(28)60(26)58(24)56(22)54(20)52(18)50(16)48(14)46(12)44(10)42(8)40(6)38(3)4. The molecule has 0 aromatic carbocycles. The van der Waals surface area contributed by atoms with Gasteiger partial charge in [0.2, 0.25) is 0 Å². The van der Waals surface area contributed by atoms with Gasteiger partial charge in [-0.1, -0.05) is 0 Å². The molecule has 0 unspecified atom stereocenters. The van der Waals surface area contributed by atoms with E-state index in [0.29, 0.717) is 0 Å². The van der Waals surface area contributed by atoms with E-state index in [2.05, 4.69) is 670 Å². The normalized spacial score (nSPS) is 19.0. The third-order valence-corrected chi connectivity index (χ3v) is 5460. The van der Waals surface area contributed by atoms with E-state index in [-0.39, 0.29) is 0 Å². The van der Waals surface area contributed by atoms with Crippen molar-refractivity contribution in [2.75, 3.05) is 0 Å². The second-order valence-corrected chi connectivity index (χ2v) is 1660. The maximum absolute atomic E-state index is 3.44. The summed E-state index contributed by atoms with van der Waals surface area (Å²) in [6.45, 7) is 0. The van der Waals surface area contributed by atoms with Gasteiger partial charge < -0.3 is 0 Å². The predicted octanol–water partition coefficient (Wildman–Crippen LogP) is 62.0. The van der Waals surface area contributed by atoms with Gasteiger partial charge in [0.15, 0.2) is 0 Å². The Bertz CT molecular complexity index is 1260. The van der Waals surface area contributed by atoms with E-state index < -0.39 is 268 Å². The number of halogens is 70. The summed E-state index contributed by atoms with van der Waals surface area (Å²) >= 11 is 120. The summed E-state index contributed by atoms with van der Waals surface area (Å²) in [5, 5.41) is 0. The first-order valence-corrected chi connectivity index (χ1v) is 444. The Kier molecular flexibility index (Phi) is 126. The molecule has 0 spiro atoms. The van der Waals surface area contributed by atoms with Crippen molar-refractivity contribution >= 4 is 939 Å². The Labute approximate surface area is 882 Å². The number of hydrogen-bond acceptors (Lipinski definition) is 0. The Balaban J connectivity index is 5.75. The van der Waals surface area contributed by atoms with Crippen LogP contribution >= 0.6 is 939 Å². The fourth-order valence-corrected chi connectivity index (χ4v) is 13400. The van der Waals surface area contributed by atoms with Gasteiger partial charge in [-0.15, -0.1) is 0 Å². The van der Waals surface area contributed by atoms with E-state index in [1.165, 1.54) is 0 Å². The maximum atomic E-state index is 3.44. The molecule has 0 aliphatic carbocycles. The molecule has 0 amide bonds. The Morgan fingerprint density at radius 3 is 0.157 bits per heavy atom. The molecule has 70 heavy (non-hydrogen) atoms. The second kappa shape index (κ2) is 72.7. The van der Waals surface area contributed by atoms with Crippen LogP contribution in [0.15, 0.2) is 0 Å². The zero-order chi connectivity index (χ0) is 55.6.